The summed E-state index contributed by atoms with van der Waals surface area (Å²) in [4.78, 5) is 36.0. The van der Waals surface area contributed by atoms with Crippen LogP contribution >= 0.6 is 11.6 Å². The van der Waals surface area contributed by atoms with Crippen molar-refractivity contribution in [3.8, 4) is 5.75 Å². The van der Waals surface area contributed by atoms with Crippen molar-refractivity contribution in [3.63, 3.8) is 0 Å². The number of halogens is 1. The third kappa shape index (κ3) is 8.25. The minimum absolute atomic E-state index is 0.213. The van der Waals surface area contributed by atoms with Crippen molar-refractivity contribution in [2.24, 2.45) is 5.10 Å². The van der Waals surface area contributed by atoms with Crippen molar-refractivity contribution < 1.29 is 19.1 Å². The highest BCUT2D eigenvalue weighted by atomic mass is 35.5. The second kappa shape index (κ2) is 13.1. The van der Waals surface area contributed by atoms with Crippen LogP contribution in [0.25, 0.3) is 0 Å². The van der Waals surface area contributed by atoms with Gasteiger partial charge in [-0.05, 0) is 52.9 Å². The van der Waals surface area contributed by atoms with Gasteiger partial charge in [0.1, 0.15) is 5.75 Å². The van der Waals surface area contributed by atoms with Crippen molar-refractivity contribution in [1.29, 1.82) is 0 Å². The molecule has 0 saturated heterocycles. The van der Waals surface area contributed by atoms with E-state index in [1.165, 1.54) is 11.8 Å². The number of benzene rings is 3. The molecule has 8 nitrogen and oxygen atoms in total. The number of carbonyl (C=O) groups excluding carboxylic acids is 3. The Hall–Kier alpha value is -4.17. The van der Waals surface area contributed by atoms with Crippen LogP contribution in [-0.2, 0) is 20.9 Å². The number of amides is 3. The van der Waals surface area contributed by atoms with E-state index in [0.717, 1.165) is 5.56 Å². The van der Waals surface area contributed by atoms with Gasteiger partial charge in [0.25, 0.3) is 5.91 Å². The Balaban J connectivity index is 1.43. The first kappa shape index (κ1) is 26.4. The predicted molar refractivity (Wildman–Crippen MR) is 140 cm³/mol. The van der Waals surface area contributed by atoms with Crippen LogP contribution in [-0.4, -0.2) is 30.5 Å². The monoisotopic (exact) mass is 506 g/mol. The molecular weight excluding hydrogens is 480 g/mol. The van der Waals surface area contributed by atoms with E-state index in [2.05, 4.69) is 35.0 Å². The number of nitrogens with zero attached hydrogens (tertiary/aromatic N) is 1. The molecule has 0 atom stereocenters. The maximum atomic E-state index is 12.0. The molecule has 3 aromatic rings. The first-order chi connectivity index (χ1) is 17.3. The SMILES string of the molecule is CC(C)c1ccc(CNC(=O)C(=O)N/N=C\c2ccc(OCC(=O)Nc3ccccc3)c(Cl)c2)cc1. The summed E-state index contributed by atoms with van der Waals surface area (Å²) in [6, 6.07) is 21.6. The van der Waals surface area contributed by atoms with Crippen molar-refractivity contribution in [1.82, 2.24) is 10.7 Å². The second-order valence-electron chi connectivity index (χ2n) is 8.17. The van der Waals surface area contributed by atoms with Crippen molar-refractivity contribution in [2.45, 2.75) is 26.3 Å². The average molecular weight is 507 g/mol. The highest BCUT2D eigenvalue weighted by Crippen LogP contribution is 2.25. The molecule has 0 aromatic heterocycles. The number of ether oxygens (including phenoxy) is 1. The summed E-state index contributed by atoms with van der Waals surface area (Å²) in [6.07, 6.45) is 1.34. The number of hydrogen-bond acceptors (Lipinski definition) is 5. The van der Waals surface area contributed by atoms with E-state index in [4.69, 9.17) is 16.3 Å². The van der Waals surface area contributed by atoms with Crippen molar-refractivity contribution >= 4 is 41.2 Å². The molecule has 0 fully saturated rings. The lowest BCUT2D eigenvalue weighted by Gasteiger charge is -2.09. The third-order valence-electron chi connectivity index (χ3n) is 5.06. The Morgan fingerprint density at radius 1 is 0.972 bits per heavy atom. The van der Waals surface area contributed by atoms with Gasteiger partial charge in [-0.25, -0.2) is 5.43 Å². The highest BCUT2D eigenvalue weighted by Gasteiger charge is 2.12. The smallest absolute Gasteiger partial charge is 0.329 e. The molecule has 0 unspecified atom stereocenters. The van der Waals surface area contributed by atoms with E-state index in [1.54, 1.807) is 30.3 Å². The predicted octanol–water partition coefficient (Wildman–Crippen LogP) is 4.25. The molecular formula is C27H27ClN4O4. The van der Waals surface area contributed by atoms with Crippen LogP contribution in [0.5, 0.6) is 5.75 Å². The Bertz CT molecular complexity index is 1230. The van der Waals surface area contributed by atoms with Gasteiger partial charge in [0.15, 0.2) is 6.61 Å². The van der Waals surface area contributed by atoms with Crippen LogP contribution in [0.4, 0.5) is 5.69 Å². The Morgan fingerprint density at radius 3 is 2.36 bits per heavy atom. The molecule has 0 heterocycles. The minimum atomic E-state index is -0.888. The normalized spacial score (nSPS) is 10.8. The van der Waals surface area contributed by atoms with Gasteiger partial charge in [-0.15, -0.1) is 0 Å². The molecule has 0 aliphatic heterocycles. The zero-order valence-electron chi connectivity index (χ0n) is 20.0. The molecule has 3 N–H and O–H groups in total. The molecule has 0 radical (unpaired) electrons. The van der Waals surface area contributed by atoms with Gasteiger partial charge in [-0.2, -0.15) is 5.10 Å². The first-order valence-electron chi connectivity index (χ1n) is 11.3. The number of rotatable bonds is 9. The number of hydrogen-bond donors (Lipinski definition) is 3. The maximum absolute atomic E-state index is 12.0. The quantitative estimate of drug-likeness (QED) is 0.229. The summed E-state index contributed by atoms with van der Waals surface area (Å²) in [5.74, 6) is -1.27. The van der Waals surface area contributed by atoms with Crippen molar-refractivity contribution in [2.75, 3.05) is 11.9 Å². The molecule has 3 aromatic carbocycles. The van der Waals surface area contributed by atoms with Crippen LogP contribution < -0.4 is 20.8 Å². The van der Waals surface area contributed by atoms with E-state index in [9.17, 15) is 14.4 Å². The van der Waals surface area contributed by atoms with Gasteiger partial charge in [0.2, 0.25) is 0 Å². The fourth-order valence-electron chi connectivity index (χ4n) is 3.08. The molecule has 0 saturated carbocycles. The molecule has 0 spiro atoms. The summed E-state index contributed by atoms with van der Waals surface area (Å²) in [5, 5.41) is 9.32. The molecule has 186 valence electrons. The lowest BCUT2D eigenvalue weighted by atomic mass is 10.0. The Morgan fingerprint density at radius 2 is 1.69 bits per heavy atom. The number of hydrazone groups is 1. The van der Waals surface area contributed by atoms with E-state index in [-0.39, 0.29) is 24.1 Å². The summed E-state index contributed by atoms with van der Waals surface area (Å²) >= 11 is 6.22. The van der Waals surface area contributed by atoms with E-state index in [1.807, 2.05) is 42.5 Å². The zero-order chi connectivity index (χ0) is 25.9. The highest BCUT2D eigenvalue weighted by molar-refractivity contribution is 6.35. The largest absolute Gasteiger partial charge is 0.482 e. The maximum Gasteiger partial charge on any atom is 0.329 e. The van der Waals surface area contributed by atoms with Crippen LogP contribution in [0.2, 0.25) is 5.02 Å². The molecule has 3 amide bonds. The van der Waals surface area contributed by atoms with Crippen LogP contribution in [0, 0.1) is 0 Å². The van der Waals surface area contributed by atoms with Gasteiger partial charge in [0, 0.05) is 12.2 Å². The lowest BCUT2D eigenvalue weighted by Crippen LogP contribution is -2.37. The number of nitrogens with one attached hydrogen (secondary N) is 3. The molecule has 0 bridgehead atoms. The van der Waals surface area contributed by atoms with Crippen LogP contribution in [0.1, 0.15) is 36.5 Å². The summed E-state index contributed by atoms with van der Waals surface area (Å²) in [7, 11) is 0. The standard InChI is InChI=1S/C27H27ClN4O4/c1-18(2)21-11-8-19(9-12-21)15-29-26(34)27(35)32-30-16-20-10-13-24(23(28)14-20)36-17-25(33)31-22-6-4-3-5-7-22/h3-14,16,18H,15,17H2,1-2H3,(H,29,34)(H,31,33)(H,32,35)/b30-16-. The molecule has 9 heteroatoms. The molecule has 0 aliphatic rings. The minimum Gasteiger partial charge on any atom is -0.482 e. The fourth-order valence-corrected chi connectivity index (χ4v) is 3.32. The van der Waals surface area contributed by atoms with Crippen LogP contribution in [0.15, 0.2) is 77.9 Å². The molecule has 36 heavy (non-hydrogen) atoms. The van der Waals surface area contributed by atoms with Gasteiger partial charge >= 0.3 is 11.8 Å². The molecule has 0 aliphatic carbocycles. The number of para-hydroxylation sites is 1. The van der Waals surface area contributed by atoms with Gasteiger partial charge in [-0.3, -0.25) is 14.4 Å². The van der Waals surface area contributed by atoms with Crippen molar-refractivity contribution in [3.05, 3.63) is 94.5 Å². The first-order valence-corrected chi connectivity index (χ1v) is 11.7. The van der Waals surface area contributed by atoms with E-state index >= 15 is 0 Å². The van der Waals surface area contributed by atoms with Gasteiger partial charge in [0.05, 0.1) is 11.2 Å². The van der Waals surface area contributed by atoms with E-state index in [0.29, 0.717) is 22.9 Å². The van der Waals surface area contributed by atoms with Crippen LogP contribution in [0.3, 0.4) is 0 Å². The lowest BCUT2D eigenvalue weighted by molar-refractivity contribution is -0.139. The van der Waals surface area contributed by atoms with E-state index < -0.39 is 11.8 Å². The average Bonchev–Trinajstić information content (AvgIpc) is 2.87. The topological polar surface area (TPSA) is 109 Å². The van der Waals surface area contributed by atoms with Gasteiger partial charge < -0.3 is 15.4 Å². The second-order valence-corrected chi connectivity index (χ2v) is 8.58. The number of anilines is 1. The Labute approximate surface area is 214 Å². The summed E-state index contributed by atoms with van der Waals surface area (Å²) in [5.41, 5.74) is 5.50. The third-order valence-corrected chi connectivity index (χ3v) is 5.35. The van der Waals surface area contributed by atoms with Gasteiger partial charge in [-0.1, -0.05) is 67.9 Å². The fraction of sp³-hybridized carbons (Fsp3) is 0.185. The zero-order valence-corrected chi connectivity index (χ0v) is 20.7. The number of carbonyl (C=O) groups is 3. The Kier molecular flexibility index (Phi) is 9.59. The molecule has 3 rings (SSSR count). The summed E-state index contributed by atoms with van der Waals surface area (Å²) in [6.45, 7) is 4.22. The summed E-state index contributed by atoms with van der Waals surface area (Å²) < 4.78 is 5.47.